The monoisotopic (exact) mass is 526 g/mol. The largest absolute Gasteiger partial charge is 0.352 e. The molecule has 0 bridgehead atoms. The summed E-state index contributed by atoms with van der Waals surface area (Å²) in [6.45, 7) is 3.92. The summed E-state index contributed by atoms with van der Waals surface area (Å²) in [4.78, 5) is 28.6. The van der Waals surface area contributed by atoms with Crippen molar-refractivity contribution in [1.82, 2.24) is 10.2 Å². The molecule has 190 valence electrons. The number of hydrogen-bond acceptors (Lipinski definition) is 3. The van der Waals surface area contributed by atoms with E-state index < -0.39 is 11.9 Å². The smallest absolute Gasteiger partial charge is 0.243 e. The highest BCUT2D eigenvalue weighted by atomic mass is 35.5. The summed E-state index contributed by atoms with van der Waals surface area (Å²) in [6.07, 6.45) is 1.09. The molecule has 3 aromatic rings. The lowest BCUT2D eigenvalue weighted by Crippen LogP contribution is -2.52. The van der Waals surface area contributed by atoms with Crippen LogP contribution in [0.5, 0.6) is 0 Å². The molecule has 36 heavy (non-hydrogen) atoms. The minimum atomic E-state index is -0.783. The average Bonchev–Trinajstić information content (AvgIpc) is 2.88. The first-order valence-electron chi connectivity index (χ1n) is 12.1. The molecule has 2 amide bonds. The number of amides is 2. The number of nitrogens with one attached hydrogen (secondary N) is 1. The van der Waals surface area contributed by atoms with E-state index in [2.05, 4.69) is 5.32 Å². The Morgan fingerprint density at radius 1 is 0.972 bits per heavy atom. The van der Waals surface area contributed by atoms with Gasteiger partial charge >= 0.3 is 0 Å². The molecule has 0 aromatic heterocycles. The van der Waals surface area contributed by atoms with Crippen molar-refractivity contribution in [3.8, 4) is 0 Å². The fourth-order valence-corrected chi connectivity index (χ4v) is 4.95. The fourth-order valence-electron chi connectivity index (χ4n) is 3.75. The molecule has 0 heterocycles. The molecule has 1 N–H and O–H groups in total. The normalized spacial score (nSPS) is 12.6. The van der Waals surface area contributed by atoms with E-state index in [0.29, 0.717) is 22.8 Å². The zero-order valence-corrected chi connectivity index (χ0v) is 22.2. The highest BCUT2D eigenvalue weighted by molar-refractivity contribution is 7.99. The van der Waals surface area contributed by atoms with E-state index >= 15 is 0 Å². The van der Waals surface area contributed by atoms with Crippen LogP contribution in [0.2, 0.25) is 5.02 Å². The Morgan fingerprint density at radius 3 is 2.28 bits per heavy atom. The molecule has 4 nitrogen and oxygen atoms in total. The maximum absolute atomic E-state index is 14.6. The predicted molar refractivity (Wildman–Crippen MR) is 146 cm³/mol. The lowest BCUT2D eigenvalue weighted by atomic mass is 10.0. The molecule has 0 aliphatic heterocycles. The number of benzene rings is 3. The Morgan fingerprint density at radius 2 is 1.61 bits per heavy atom. The van der Waals surface area contributed by atoms with Gasteiger partial charge < -0.3 is 10.2 Å². The molecule has 0 aliphatic rings. The van der Waals surface area contributed by atoms with Gasteiger partial charge in [-0.15, -0.1) is 11.8 Å². The number of rotatable bonds is 12. The second kappa shape index (κ2) is 14.0. The van der Waals surface area contributed by atoms with E-state index in [9.17, 15) is 14.0 Å². The van der Waals surface area contributed by atoms with Crippen molar-refractivity contribution >= 4 is 35.2 Å². The highest BCUT2D eigenvalue weighted by Gasteiger charge is 2.31. The van der Waals surface area contributed by atoms with Crippen LogP contribution in [0.3, 0.4) is 0 Å². The van der Waals surface area contributed by atoms with Crippen LogP contribution in [0.15, 0.2) is 78.9 Å². The van der Waals surface area contributed by atoms with Gasteiger partial charge in [-0.3, -0.25) is 9.59 Å². The van der Waals surface area contributed by atoms with Crippen molar-refractivity contribution in [2.45, 2.75) is 51.1 Å². The molecule has 3 aromatic carbocycles. The second-order valence-electron chi connectivity index (χ2n) is 8.72. The zero-order chi connectivity index (χ0) is 25.9. The van der Waals surface area contributed by atoms with Crippen LogP contribution in [-0.2, 0) is 28.3 Å². The van der Waals surface area contributed by atoms with Crippen molar-refractivity contribution in [2.24, 2.45) is 0 Å². The van der Waals surface area contributed by atoms with Crippen LogP contribution in [0.1, 0.15) is 37.0 Å². The molecule has 0 saturated heterocycles. The van der Waals surface area contributed by atoms with E-state index in [-0.39, 0.29) is 30.2 Å². The third-order valence-electron chi connectivity index (χ3n) is 6.01. The van der Waals surface area contributed by atoms with Crippen LogP contribution in [-0.4, -0.2) is 34.6 Å². The molecule has 0 fully saturated rings. The van der Waals surface area contributed by atoms with Gasteiger partial charge in [0.05, 0.1) is 5.75 Å². The van der Waals surface area contributed by atoms with E-state index in [1.807, 2.05) is 68.4 Å². The Kier molecular flexibility index (Phi) is 10.8. The van der Waals surface area contributed by atoms with E-state index in [1.54, 1.807) is 18.2 Å². The van der Waals surface area contributed by atoms with Gasteiger partial charge in [0.15, 0.2) is 0 Å². The summed E-state index contributed by atoms with van der Waals surface area (Å²) < 4.78 is 14.6. The summed E-state index contributed by atoms with van der Waals surface area (Å²) in [5.41, 5.74) is 2.24. The molecule has 0 unspecified atom stereocenters. The summed E-state index contributed by atoms with van der Waals surface area (Å²) in [7, 11) is 0. The van der Waals surface area contributed by atoms with Crippen LogP contribution >= 0.6 is 23.4 Å². The van der Waals surface area contributed by atoms with Gasteiger partial charge in [-0.25, -0.2) is 4.39 Å². The first-order chi connectivity index (χ1) is 17.4. The zero-order valence-electron chi connectivity index (χ0n) is 20.6. The first kappa shape index (κ1) is 27.8. The van der Waals surface area contributed by atoms with E-state index in [0.717, 1.165) is 17.5 Å². The van der Waals surface area contributed by atoms with Gasteiger partial charge in [0.25, 0.3) is 0 Å². The van der Waals surface area contributed by atoms with Gasteiger partial charge in [0.1, 0.15) is 11.9 Å². The van der Waals surface area contributed by atoms with Crippen molar-refractivity contribution in [3.63, 3.8) is 0 Å². The second-order valence-corrected chi connectivity index (χ2v) is 10.1. The minimum absolute atomic E-state index is 0.00356. The van der Waals surface area contributed by atoms with Crippen LogP contribution in [0, 0.1) is 5.82 Å². The van der Waals surface area contributed by atoms with Crippen molar-refractivity contribution in [1.29, 1.82) is 0 Å². The average molecular weight is 527 g/mol. The molecule has 0 aliphatic carbocycles. The number of carbonyl (C=O) groups excluding carboxylic acids is 2. The number of hydrogen-bond donors (Lipinski definition) is 1. The molecular weight excluding hydrogens is 495 g/mol. The topological polar surface area (TPSA) is 49.4 Å². The Labute approximate surface area is 222 Å². The molecule has 0 saturated carbocycles. The van der Waals surface area contributed by atoms with Crippen molar-refractivity contribution in [3.05, 3.63) is 106 Å². The molecule has 3 rings (SSSR count). The van der Waals surface area contributed by atoms with Gasteiger partial charge in [-0.1, -0.05) is 85.3 Å². The molecule has 2 atom stereocenters. The molecular formula is C29H32ClFN2O2S. The van der Waals surface area contributed by atoms with Crippen LogP contribution < -0.4 is 5.32 Å². The van der Waals surface area contributed by atoms with Crippen LogP contribution in [0.4, 0.5) is 4.39 Å². The first-order valence-corrected chi connectivity index (χ1v) is 13.6. The van der Waals surface area contributed by atoms with Crippen molar-refractivity contribution in [2.75, 3.05) is 5.75 Å². The number of carbonyl (C=O) groups is 2. The standard InChI is InChI=1S/C29H32ClFN2O2S/c1-3-21(2)32-29(35)27(17-22-11-5-4-6-12-22)33(18-23-13-8-10-16-26(23)31)28(34)20-36-19-24-14-7-9-15-25(24)30/h4-16,21,27H,3,17-20H2,1-2H3,(H,32,35)/t21-,27+/m0/s1. The van der Waals surface area contributed by atoms with E-state index in [1.165, 1.54) is 22.7 Å². The summed E-state index contributed by atoms with van der Waals surface area (Å²) >= 11 is 7.69. The van der Waals surface area contributed by atoms with Crippen molar-refractivity contribution < 1.29 is 14.0 Å². The Hall–Kier alpha value is -2.83. The third kappa shape index (κ3) is 8.10. The number of halogens is 2. The maximum atomic E-state index is 14.6. The van der Waals surface area contributed by atoms with Gasteiger partial charge in [0, 0.05) is 35.3 Å². The van der Waals surface area contributed by atoms with Gasteiger partial charge in [-0.2, -0.15) is 0 Å². The summed E-state index contributed by atoms with van der Waals surface area (Å²) in [5, 5.41) is 3.67. The molecule has 7 heteroatoms. The minimum Gasteiger partial charge on any atom is -0.352 e. The number of nitrogens with zero attached hydrogens (tertiary/aromatic N) is 1. The summed E-state index contributed by atoms with van der Waals surface area (Å²) in [6, 6.07) is 22.6. The summed E-state index contributed by atoms with van der Waals surface area (Å²) in [5.74, 6) is -0.174. The Balaban J connectivity index is 1.87. The lowest BCUT2D eigenvalue weighted by Gasteiger charge is -2.32. The van der Waals surface area contributed by atoms with E-state index in [4.69, 9.17) is 11.6 Å². The highest BCUT2D eigenvalue weighted by Crippen LogP contribution is 2.23. The number of thioether (sulfide) groups is 1. The quantitative estimate of drug-likeness (QED) is 0.303. The maximum Gasteiger partial charge on any atom is 0.243 e. The molecule has 0 spiro atoms. The fraction of sp³-hybridized carbons (Fsp3) is 0.310. The van der Waals surface area contributed by atoms with Crippen LogP contribution in [0.25, 0.3) is 0 Å². The lowest BCUT2D eigenvalue weighted by molar-refractivity contribution is -0.139. The molecule has 0 radical (unpaired) electrons. The Bertz CT molecular complexity index is 1140. The van der Waals surface area contributed by atoms with Gasteiger partial charge in [-0.05, 0) is 36.6 Å². The van der Waals surface area contributed by atoms with Gasteiger partial charge in [0.2, 0.25) is 11.8 Å². The third-order valence-corrected chi connectivity index (χ3v) is 7.35. The SMILES string of the molecule is CC[C@H](C)NC(=O)[C@@H](Cc1ccccc1)N(Cc1ccccc1F)C(=O)CSCc1ccccc1Cl. The predicted octanol–water partition coefficient (Wildman–Crippen LogP) is 6.27.